The molecule has 1 unspecified atom stereocenters. The summed E-state index contributed by atoms with van der Waals surface area (Å²) in [7, 11) is 0. The van der Waals surface area contributed by atoms with Crippen LogP contribution in [0, 0.1) is 5.41 Å². The maximum Gasteiger partial charge on any atom is 0.220 e. The van der Waals surface area contributed by atoms with E-state index < -0.39 is 0 Å². The van der Waals surface area contributed by atoms with Crippen molar-refractivity contribution in [3.63, 3.8) is 0 Å². The van der Waals surface area contributed by atoms with Crippen LogP contribution in [0.3, 0.4) is 0 Å². The summed E-state index contributed by atoms with van der Waals surface area (Å²) < 4.78 is 0. The number of benzene rings is 2. The monoisotopic (exact) mass is 265 g/mol. The van der Waals surface area contributed by atoms with Crippen LogP contribution in [-0.2, 0) is 4.79 Å². The van der Waals surface area contributed by atoms with E-state index in [1.54, 1.807) is 0 Å². The number of amides is 1. The van der Waals surface area contributed by atoms with Crippen LogP contribution < -0.4 is 5.32 Å². The first-order valence-electron chi connectivity index (χ1n) is 7.06. The van der Waals surface area contributed by atoms with E-state index in [9.17, 15) is 4.79 Å². The van der Waals surface area contributed by atoms with Gasteiger partial charge < -0.3 is 5.32 Å². The van der Waals surface area contributed by atoms with E-state index >= 15 is 0 Å². The Hall–Kier alpha value is -2.09. The minimum atomic E-state index is -0.0697. The number of rotatable bonds is 3. The van der Waals surface area contributed by atoms with Crippen molar-refractivity contribution in [2.45, 2.75) is 19.3 Å². The number of nitrogens with one attached hydrogen (secondary N) is 1. The van der Waals surface area contributed by atoms with E-state index in [0.29, 0.717) is 6.42 Å². The Bertz CT molecular complexity index is 554. The first-order chi connectivity index (χ1) is 9.69. The maximum absolute atomic E-state index is 11.7. The summed E-state index contributed by atoms with van der Waals surface area (Å²) in [5, 5.41) is 2.99. The molecule has 2 aromatic rings. The molecule has 0 aromatic heterocycles. The van der Waals surface area contributed by atoms with E-state index in [2.05, 4.69) is 60.8 Å². The molecule has 1 N–H and O–H groups in total. The summed E-state index contributed by atoms with van der Waals surface area (Å²) >= 11 is 0. The number of carbonyl (C=O) groups excluding carboxylic acids is 1. The predicted octanol–water partition coefficient (Wildman–Crippen LogP) is 3.34. The van der Waals surface area contributed by atoms with Gasteiger partial charge in [0, 0.05) is 24.3 Å². The Labute approximate surface area is 119 Å². The Morgan fingerprint density at radius 2 is 1.45 bits per heavy atom. The number of carbonyl (C=O) groups is 1. The van der Waals surface area contributed by atoms with Crippen LogP contribution in [0.4, 0.5) is 0 Å². The van der Waals surface area contributed by atoms with Gasteiger partial charge in [0.05, 0.1) is 0 Å². The van der Waals surface area contributed by atoms with Crippen LogP contribution in [0.5, 0.6) is 0 Å². The van der Waals surface area contributed by atoms with Crippen molar-refractivity contribution in [2.75, 3.05) is 6.54 Å². The highest BCUT2D eigenvalue weighted by Crippen LogP contribution is 2.45. The molecule has 1 aliphatic heterocycles. The molecule has 20 heavy (non-hydrogen) atoms. The zero-order chi connectivity index (χ0) is 14.0. The van der Waals surface area contributed by atoms with Crippen molar-refractivity contribution in [3.8, 4) is 0 Å². The van der Waals surface area contributed by atoms with Crippen LogP contribution in [0.2, 0.25) is 0 Å². The van der Waals surface area contributed by atoms with Gasteiger partial charge in [0.1, 0.15) is 0 Å². The third-order valence-electron chi connectivity index (χ3n) is 4.22. The zero-order valence-corrected chi connectivity index (χ0v) is 11.7. The predicted molar refractivity (Wildman–Crippen MR) is 80.5 cm³/mol. The molecule has 2 heteroatoms. The Morgan fingerprint density at radius 3 is 1.85 bits per heavy atom. The maximum atomic E-state index is 11.7. The van der Waals surface area contributed by atoms with Gasteiger partial charge in [-0.1, -0.05) is 67.6 Å². The molecule has 102 valence electrons. The first-order valence-corrected chi connectivity index (χ1v) is 7.06. The molecule has 0 saturated carbocycles. The standard InChI is InChI=1S/C18H19NO/c1-18(12-16(20)19-13-18)17(14-8-4-2-5-9-14)15-10-6-3-7-11-15/h2-11,17H,12-13H2,1H3,(H,19,20). The van der Waals surface area contributed by atoms with Gasteiger partial charge in [0.2, 0.25) is 5.91 Å². The molecule has 2 aromatic carbocycles. The number of hydrogen-bond donors (Lipinski definition) is 1. The summed E-state index contributed by atoms with van der Waals surface area (Å²) in [5.41, 5.74) is 2.48. The molecular weight excluding hydrogens is 246 g/mol. The number of hydrogen-bond acceptors (Lipinski definition) is 1. The van der Waals surface area contributed by atoms with Gasteiger partial charge in [-0.2, -0.15) is 0 Å². The Balaban J connectivity index is 2.07. The van der Waals surface area contributed by atoms with Crippen molar-refractivity contribution in [3.05, 3.63) is 71.8 Å². The van der Waals surface area contributed by atoms with E-state index in [-0.39, 0.29) is 17.2 Å². The third kappa shape index (κ3) is 2.34. The lowest BCUT2D eigenvalue weighted by Crippen LogP contribution is -2.29. The lowest BCUT2D eigenvalue weighted by Gasteiger charge is -2.33. The van der Waals surface area contributed by atoms with Crippen molar-refractivity contribution < 1.29 is 4.79 Å². The van der Waals surface area contributed by atoms with Crippen molar-refractivity contribution in [1.29, 1.82) is 0 Å². The highest BCUT2D eigenvalue weighted by atomic mass is 16.1. The molecule has 1 aliphatic rings. The topological polar surface area (TPSA) is 29.1 Å². The molecule has 1 amide bonds. The lowest BCUT2D eigenvalue weighted by molar-refractivity contribution is -0.119. The van der Waals surface area contributed by atoms with Crippen LogP contribution in [0.25, 0.3) is 0 Å². The van der Waals surface area contributed by atoms with Gasteiger partial charge >= 0.3 is 0 Å². The fraction of sp³-hybridized carbons (Fsp3) is 0.278. The van der Waals surface area contributed by atoms with Crippen molar-refractivity contribution in [2.24, 2.45) is 5.41 Å². The van der Waals surface area contributed by atoms with E-state index in [1.807, 2.05) is 12.1 Å². The SMILES string of the molecule is CC1(C(c2ccccc2)c2ccccc2)CNC(=O)C1. The summed E-state index contributed by atoms with van der Waals surface area (Å²) in [5.74, 6) is 0.396. The molecule has 1 fully saturated rings. The summed E-state index contributed by atoms with van der Waals surface area (Å²) in [6, 6.07) is 21.0. The van der Waals surface area contributed by atoms with Gasteiger partial charge in [-0.15, -0.1) is 0 Å². The molecule has 0 radical (unpaired) electrons. The quantitative estimate of drug-likeness (QED) is 0.906. The van der Waals surface area contributed by atoms with Gasteiger partial charge in [-0.25, -0.2) is 0 Å². The first kappa shape index (κ1) is 12.9. The van der Waals surface area contributed by atoms with Crippen LogP contribution >= 0.6 is 0 Å². The second-order valence-electron chi connectivity index (χ2n) is 5.86. The minimum Gasteiger partial charge on any atom is -0.355 e. The highest BCUT2D eigenvalue weighted by Gasteiger charge is 2.42. The Kier molecular flexibility index (Phi) is 3.31. The fourth-order valence-electron chi connectivity index (χ4n) is 3.28. The lowest BCUT2D eigenvalue weighted by atomic mass is 9.69. The normalized spacial score (nSPS) is 22.0. The minimum absolute atomic E-state index is 0.0697. The van der Waals surface area contributed by atoms with Gasteiger partial charge in [-0.3, -0.25) is 4.79 Å². The van der Waals surface area contributed by atoms with E-state index in [0.717, 1.165) is 6.54 Å². The zero-order valence-electron chi connectivity index (χ0n) is 11.7. The average molecular weight is 265 g/mol. The molecule has 0 aliphatic carbocycles. The van der Waals surface area contributed by atoms with Crippen LogP contribution in [0.1, 0.15) is 30.4 Å². The third-order valence-corrected chi connectivity index (χ3v) is 4.22. The molecule has 3 rings (SSSR count). The summed E-state index contributed by atoms with van der Waals surface area (Å²) in [6.45, 7) is 2.94. The molecule has 0 spiro atoms. The van der Waals surface area contributed by atoms with E-state index in [4.69, 9.17) is 0 Å². The second kappa shape index (κ2) is 5.12. The van der Waals surface area contributed by atoms with Gasteiger partial charge in [0.25, 0.3) is 0 Å². The van der Waals surface area contributed by atoms with Crippen molar-refractivity contribution >= 4 is 5.91 Å². The molecule has 2 nitrogen and oxygen atoms in total. The van der Waals surface area contributed by atoms with Crippen molar-refractivity contribution in [1.82, 2.24) is 5.32 Å². The smallest absolute Gasteiger partial charge is 0.220 e. The molecule has 1 heterocycles. The second-order valence-corrected chi connectivity index (χ2v) is 5.86. The summed E-state index contributed by atoms with van der Waals surface area (Å²) in [4.78, 5) is 11.7. The largest absolute Gasteiger partial charge is 0.355 e. The molecule has 1 saturated heterocycles. The van der Waals surface area contributed by atoms with Crippen LogP contribution in [0.15, 0.2) is 60.7 Å². The van der Waals surface area contributed by atoms with Crippen LogP contribution in [-0.4, -0.2) is 12.5 Å². The summed E-state index contributed by atoms with van der Waals surface area (Å²) in [6.07, 6.45) is 0.585. The molecular formula is C18H19NO. The fourth-order valence-corrected chi connectivity index (χ4v) is 3.28. The van der Waals surface area contributed by atoms with Gasteiger partial charge in [-0.05, 0) is 11.1 Å². The van der Waals surface area contributed by atoms with E-state index in [1.165, 1.54) is 11.1 Å². The Morgan fingerprint density at radius 1 is 0.950 bits per heavy atom. The molecule has 1 atom stereocenters. The average Bonchev–Trinajstić information content (AvgIpc) is 2.81. The van der Waals surface area contributed by atoms with Gasteiger partial charge in [0.15, 0.2) is 0 Å². The molecule has 0 bridgehead atoms. The highest BCUT2D eigenvalue weighted by molar-refractivity contribution is 5.79.